The fourth-order valence-corrected chi connectivity index (χ4v) is 3.33. The van der Waals surface area contributed by atoms with E-state index in [0.717, 1.165) is 27.0 Å². The van der Waals surface area contributed by atoms with Crippen molar-refractivity contribution in [2.75, 3.05) is 5.75 Å². The maximum Gasteiger partial charge on any atom is 0.163 e. The van der Waals surface area contributed by atoms with E-state index in [1.165, 1.54) is 6.92 Å². The van der Waals surface area contributed by atoms with Gasteiger partial charge in [0.25, 0.3) is 0 Å². The standard InChI is InChI=1S/C17H18O2S/c1-4-20-17-14-8-6-5-7-13(14)9-10-15(17)16(11(2)18)12(3)19/h5-10,18H,4H2,1-3H3/b16-11+. The minimum Gasteiger partial charge on any atom is -0.512 e. The summed E-state index contributed by atoms with van der Waals surface area (Å²) in [5.41, 5.74) is 1.23. The molecule has 20 heavy (non-hydrogen) atoms. The molecule has 0 heterocycles. The molecule has 0 aromatic heterocycles. The van der Waals surface area contributed by atoms with Gasteiger partial charge in [0.15, 0.2) is 5.78 Å². The molecule has 0 radical (unpaired) electrons. The van der Waals surface area contributed by atoms with Gasteiger partial charge in [0.2, 0.25) is 0 Å². The molecule has 0 atom stereocenters. The van der Waals surface area contributed by atoms with E-state index in [1.807, 2.05) is 24.3 Å². The molecule has 3 heteroatoms. The Balaban J connectivity index is 2.79. The molecule has 0 amide bonds. The summed E-state index contributed by atoms with van der Waals surface area (Å²) in [4.78, 5) is 12.9. The van der Waals surface area contributed by atoms with Crippen molar-refractivity contribution in [2.24, 2.45) is 0 Å². The predicted octanol–water partition coefficient (Wildman–Crippen LogP) is 4.83. The molecule has 2 rings (SSSR count). The molecule has 104 valence electrons. The van der Waals surface area contributed by atoms with Gasteiger partial charge in [-0.05, 0) is 30.4 Å². The van der Waals surface area contributed by atoms with Gasteiger partial charge in [-0.25, -0.2) is 0 Å². The minimum absolute atomic E-state index is 0.0748. The summed E-state index contributed by atoms with van der Waals surface area (Å²) in [7, 11) is 0. The van der Waals surface area contributed by atoms with Gasteiger partial charge in [-0.2, -0.15) is 0 Å². The number of aliphatic hydroxyl groups is 1. The van der Waals surface area contributed by atoms with Crippen LogP contribution in [0.4, 0.5) is 0 Å². The number of carbonyl (C=O) groups excluding carboxylic acids is 1. The second-order valence-corrected chi connectivity index (χ2v) is 5.89. The van der Waals surface area contributed by atoms with Gasteiger partial charge in [0.05, 0.1) is 5.57 Å². The number of hydrogen-bond donors (Lipinski definition) is 1. The molecule has 0 spiro atoms. The van der Waals surface area contributed by atoms with Crippen LogP contribution in [0.1, 0.15) is 26.3 Å². The van der Waals surface area contributed by atoms with Crippen LogP contribution in [0.2, 0.25) is 0 Å². The Kier molecular flexibility index (Phi) is 4.50. The van der Waals surface area contributed by atoms with Gasteiger partial charge in [-0.3, -0.25) is 4.79 Å². The maximum atomic E-state index is 11.9. The number of thioether (sulfide) groups is 1. The SMILES string of the molecule is CCSc1c(/C(C(C)=O)=C(\C)O)ccc2ccccc12. The largest absolute Gasteiger partial charge is 0.512 e. The summed E-state index contributed by atoms with van der Waals surface area (Å²) in [5.74, 6) is 0.875. The van der Waals surface area contributed by atoms with Crippen LogP contribution in [0.15, 0.2) is 47.1 Å². The van der Waals surface area contributed by atoms with Crippen LogP contribution < -0.4 is 0 Å². The Morgan fingerprint density at radius 3 is 2.45 bits per heavy atom. The Morgan fingerprint density at radius 2 is 1.85 bits per heavy atom. The second-order valence-electron chi connectivity index (χ2n) is 4.61. The van der Waals surface area contributed by atoms with Crippen LogP contribution in [0.5, 0.6) is 0 Å². The first-order chi connectivity index (χ1) is 9.56. The van der Waals surface area contributed by atoms with Gasteiger partial charge >= 0.3 is 0 Å². The van der Waals surface area contributed by atoms with Crippen LogP contribution in [0, 0.1) is 0 Å². The highest BCUT2D eigenvalue weighted by molar-refractivity contribution is 7.99. The molecule has 0 aliphatic rings. The topological polar surface area (TPSA) is 37.3 Å². The van der Waals surface area contributed by atoms with Crippen molar-refractivity contribution >= 4 is 33.9 Å². The minimum atomic E-state index is -0.113. The number of Topliss-reactive ketones (excluding diaryl/α,β-unsaturated/α-hetero) is 1. The number of carbonyl (C=O) groups is 1. The number of benzene rings is 2. The maximum absolute atomic E-state index is 11.9. The molecule has 0 fully saturated rings. The van der Waals surface area contributed by atoms with Crippen molar-refractivity contribution in [1.29, 1.82) is 0 Å². The average Bonchev–Trinajstić information content (AvgIpc) is 2.40. The van der Waals surface area contributed by atoms with E-state index in [2.05, 4.69) is 19.1 Å². The average molecular weight is 286 g/mol. The highest BCUT2D eigenvalue weighted by atomic mass is 32.2. The Morgan fingerprint density at radius 1 is 1.15 bits per heavy atom. The summed E-state index contributed by atoms with van der Waals surface area (Å²) >= 11 is 1.70. The quantitative estimate of drug-likeness (QED) is 0.497. The lowest BCUT2D eigenvalue weighted by Gasteiger charge is -2.14. The zero-order valence-electron chi connectivity index (χ0n) is 11.9. The molecule has 2 aromatic carbocycles. The van der Waals surface area contributed by atoms with E-state index in [-0.39, 0.29) is 11.5 Å². The Hall–Kier alpha value is -1.74. The molecule has 0 aliphatic heterocycles. The van der Waals surface area contributed by atoms with Crippen molar-refractivity contribution in [3.05, 3.63) is 47.7 Å². The van der Waals surface area contributed by atoms with E-state index in [4.69, 9.17) is 0 Å². The van der Waals surface area contributed by atoms with Gasteiger partial charge in [0, 0.05) is 10.5 Å². The van der Waals surface area contributed by atoms with Crippen LogP contribution in [0.25, 0.3) is 16.3 Å². The van der Waals surface area contributed by atoms with Gasteiger partial charge < -0.3 is 5.11 Å². The lowest BCUT2D eigenvalue weighted by atomic mass is 9.98. The fourth-order valence-electron chi connectivity index (χ4n) is 2.38. The monoisotopic (exact) mass is 286 g/mol. The summed E-state index contributed by atoms with van der Waals surface area (Å²) in [5, 5.41) is 12.1. The number of rotatable bonds is 4. The van der Waals surface area contributed by atoms with Gasteiger partial charge in [-0.1, -0.05) is 43.3 Å². The number of ketones is 1. The molecule has 0 saturated heterocycles. The van der Waals surface area contributed by atoms with E-state index < -0.39 is 0 Å². The normalized spacial score (nSPS) is 12.3. The first kappa shape index (κ1) is 14.7. The summed E-state index contributed by atoms with van der Waals surface area (Å²) in [6.07, 6.45) is 0. The summed E-state index contributed by atoms with van der Waals surface area (Å²) in [6.45, 7) is 5.14. The Labute approximate surface area is 123 Å². The van der Waals surface area contributed by atoms with E-state index in [0.29, 0.717) is 5.57 Å². The van der Waals surface area contributed by atoms with Crippen molar-refractivity contribution in [3.8, 4) is 0 Å². The third kappa shape index (κ3) is 2.73. The molecule has 2 aromatic rings. The predicted molar refractivity (Wildman–Crippen MR) is 86.2 cm³/mol. The van der Waals surface area contributed by atoms with Crippen molar-refractivity contribution < 1.29 is 9.90 Å². The highest BCUT2D eigenvalue weighted by Gasteiger charge is 2.17. The molecular formula is C17H18O2S. The molecule has 0 bridgehead atoms. The van der Waals surface area contributed by atoms with Crippen molar-refractivity contribution in [3.63, 3.8) is 0 Å². The van der Waals surface area contributed by atoms with Crippen LogP contribution in [0.3, 0.4) is 0 Å². The number of allylic oxidation sites excluding steroid dienone is 2. The lowest BCUT2D eigenvalue weighted by Crippen LogP contribution is -2.01. The third-order valence-electron chi connectivity index (χ3n) is 3.15. The molecule has 2 nitrogen and oxygen atoms in total. The first-order valence-electron chi connectivity index (χ1n) is 6.62. The number of hydrogen-bond acceptors (Lipinski definition) is 3. The van der Waals surface area contributed by atoms with Crippen LogP contribution in [-0.4, -0.2) is 16.6 Å². The molecule has 0 aliphatic carbocycles. The second kappa shape index (κ2) is 6.14. The van der Waals surface area contributed by atoms with E-state index in [1.54, 1.807) is 18.7 Å². The van der Waals surface area contributed by atoms with Crippen LogP contribution in [-0.2, 0) is 4.79 Å². The fraction of sp³-hybridized carbons (Fsp3) is 0.235. The van der Waals surface area contributed by atoms with E-state index in [9.17, 15) is 9.90 Å². The summed E-state index contributed by atoms with van der Waals surface area (Å²) in [6, 6.07) is 12.0. The highest BCUT2D eigenvalue weighted by Crippen LogP contribution is 2.36. The van der Waals surface area contributed by atoms with Crippen molar-refractivity contribution in [1.82, 2.24) is 0 Å². The van der Waals surface area contributed by atoms with Gasteiger partial charge in [-0.15, -0.1) is 11.8 Å². The molecule has 0 saturated carbocycles. The summed E-state index contributed by atoms with van der Waals surface area (Å²) < 4.78 is 0. The number of fused-ring (bicyclic) bond motifs is 1. The smallest absolute Gasteiger partial charge is 0.163 e. The lowest BCUT2D eigenvalue weighted by molar-refractivity contribution is -0.111. The van der Waals surface area contributed by atoms with Crippen LogP contribution >= 0.6 is 11.8 Å². The van der Waals surface area contributed by atoms with Crippen molar-refractivity contribution in [2.45, 2.75) is 25.7 Å². The first-order valence-corrected chi connectivity index (χ1v) is 7.60. The molecule has 1 N–H and O–H groups in total. The zero-order valence-corrected chi connectivity index (χ0v) is 12.8. The van der Waals surface area contributed by atoms with E-state index >= 15 is 0 Å². The third-order valence-corrected chi connectivity index (χ3v) is 4.17. The zero-order chi connectivity index (χ0) is 14.7. The Bertz CT molecular complexity index is 682. The molecular weight excluding hydrogens is 268 g/mol. The molecule has 0 unspecified atom stereocenters. The number of aliphatic hydroxyl groups excluding tert-OH is 1. The van der Waals surface area contributed by atoms with Gasteiger partial charge in [0.1, 0.15) is 5.76 Å².